The molecule has 1 amide bonds. The number of halogens is 2. The molecule has 2 rings (SSSR count). The summed E-state index contributed by atoms with van der Waals surface area (Å²) < 4.78 is 13.8. The predicted molar refractivity (Wildman–Crippen MR) is 74.8 cm³/mol. The van der Waals surface area contributed by atoms with Crippen LogP contribution in [0.1, 0.15) is 25.3 Å². The fraction of sp³-hybridized carbons (Fsp3) is 0.429. The molecule has 0 aliphatic heterocycles. The maximum atomic E-state index is 13.4. The third-order valence-corrected chi connectivity index (χ3v) is 3.99. The molecule has 0 bridgehead atoms. The zero-order valence-corrected chi connectivity index (χ0v) is 12.6. The summed E-state index contributed by atoms with van der Waals surface area (Å²) in [6, 6.07) is 3.64. The van der Waals surface area contributed by atoms with Crippen LogP contribution in [0.25, 0.3) is 0 Å². The number of amides is 1. The molecule has 1 aliphatic carbocycles. The molecule has 1 atom stereocenters. The van der Waals surface area contributed by atoms with Gasteiger partial charge in [-0.15, -0.1) is 0 Å². The highest BCUT2D eigenvalue weighted by Gasteiger charge is 2.38. The van der Waals surface area contributed by atoms with Crippen molar-refractivity contribution in [3.05, 3.63) is 34.1 Å². The van der Waals surface area contributed by atoms with Gasteiger partial charge >= 0.3 is 5.97 Å². The quantitative estimate of drug-likeness (QED) is 0.893. The number of nitrogens with zero attached hydrogens (tertiary/aromatic N) is 1. The molecule has 108 valence electrons. The van der Waals surface area contributed by atoms with Gasteiger partial charge in [0, 0.05) is 6.04 Å². The van der Waals surface area contributed by atoms with Crippen LogP contribution in [0.2, 0.25) is 0 Å². The van der Waals surface area contributed by atoms with Crippen LogP contribution in [0.4, 0.5) is 4.39 Å². The SMILES string of the molecule is CC(C(=O)O)N(C(=O)Cc1ccc(Br)c(F)c1)C1CC1. The second kappa shape index (κ2) is 5.91. The molecule has 20 heavy (non-hydrogen) atoms. The van der Waals surface area contributed by atoms with E-state index in [-0.39, 0.29) is 18.4 Å². The van der Waals surface area contributed by atoms with Gasteiger partial charge in [-0.25, -0.2) is 9.18 Å². The maximum absolute atomic E-state index is 13.4. The number of carboxylic acids is 1. The first-order valence-corrected chi connectivity index (χ1v) is 7.17. The summed E-state index contributed by atoms with van der Waals surface area (Å²) in [6.07, 6.45) is 1.68. The van der Waals surface area contributed by atoms with Gasteiger partial charge < -0.3 is 10.0 Å². The molecule has 1 aliphatic rings. The highest BCUT2D eigenvalue weighted by atomic mass is 79.9. The van der Waals surface area contributed by atoms with E-state index in [0.29, 0.717) is 10.0 Å². The number of carbonyl (C=O) groups excluding carboxylic acids is 1. The number of benzene rings is 1. The predicted octanol–water partition coefficient (Wildman–Crippen LogP) is 2.59. The Hall–Kier alpha value is -1.43. The average Bonchev–Trinajstić information content (AvgIpc) is 3.18. The summed E-state index contributed by atoms with van der Waals surface area (Å²) in [5.74, 6) is -1.73. The van der Waals surface area contributed by atoms with E-state index in [9.17, 15) is 14.0 Å². The first kappa shape index (κ1) is 15.0. The summed E-state index contributed by atoms with van der Waals surface area (Å²) in [7, 11) is 0. The van der Waals surface area contributed by atoms with Crippen LogP contribution >= 0.6 is 15.9 Å². The van der Waals surface area contributed by atoms with Crippen molar-refractivity contribution in [3.8, 4) is 0 Å². The summed E-state index contributed by atoms with van der Waals surface area (Å²) in [5, 5.41) is 9.06. The highest BCUT2D eigenvalue weighted by Crippen LogP contribution is 2.29. The summed E-state index contributed by atoms with van der Waals surface area (Å²) >= 11 is 3.05. The third kappa shape index (κ3) is 3.36. The van der Waals surface area contributed by atoms with E-state index >= 15 is 0 Å². The molecular weight excluding hydrogens is 329 g/mol. The van der Waals surface area contributed by atoms with Gasteiger partial charge in [0.1, 0.15) is 11.9 Å². The zero-order valence-electron chi connectivity index (χ0n) is 11.0. The second-order valence-corrected chi connectivity index (χ2v) is 5.83. The molecule has 1 N–H and O–H groups in total. The average molecular weight is 344 g/mol. The molecule has 1 aromatic rings. The van der Waals surface area contributed by atoms with Crippen LogP contribution in [0.15, 0.2) is 22.7 Å². The normalized spacial score (nSPS) is 15.8. The fourth-order valence-corrected chi connectivity index (χ4v) is 2.37. The molecule has 1 saturated carbocycles. The molecule has 0 spiro atoms. The van der Waals surface area contributed by atoms with Gasteiger partial charge in [-0.3, -0.25) is 4.79 Å². The van der Waals surface area contributed by atoms with E-state index in [4.69, 9.17) is 5.11 Å². The number of carbonyl (C=O) groups is 2. The molecule has 4 nitrogen and oxygen atoms in total. The number of hydrogen-bond donors (Lipinski definition) is 1. The van der Waals surface area contributed by atoms with Gasteiger partial charge in [-0.1, -0.05) is 6.07 Å². The Bertz CT molecular complexity index is 545. The monoisotopic (exact) mass is 343 g/mol. The lowest BCUT2D eigenvalue weighted by Crippen LogP contribution is -2.45. The highest BCUT2D eigenvalue weighted by molar-refractivity contribution is 9.10. The zero-order chi connectivity index (χ0) is 14.9. The molecule has 1 aromatic carbocycles. The molecule has 6 heteroatoms. The fourth-order valence-electron chi connectivity index (χ4n) is 2.12. The van der Waals surface area contributed by atoms with Crippen molar-refractivity contribution in [2.45, 2.75) is 38.3 Å². The Morgan fingerprint density at radius 1 is 1.50 bits per heavy atom. The molecule has 1 unspecified atom stereocenters. The van der Waals surface area contributed by atoms with E-state index in [1.807, 2.05) is 0 Å². The molecule has 0 heterocycles. The van der Waals surface area contributed by atoms with Crippen molar-refractivity contribution < 1.29 is 19.1 Å². The largest absolute Gasteiger partial charge is 0.480 e. The van der Waals surface area contributed by atoms with Gasteiger partial charge in [0.2, 0.25) is 5.91 Å². The molecular formula is C14H15BrFNO3. The Morgan fingerprint density at radius 3 is 2.65 bits per heavy atom. The molecule has 0 aromatic heterocycles. The van der Waals surface area contributed by atoms with Crippen LogP contribution in [-0.2, 0) is 16.0 Å². The summed E-state index contributed by atoms with van der Waals surface area (Å²) in [6.45, 7) is 1.50. The van der Waals surface area contributed by atoms with Crippen molar-refractivity contribution in [1.82, 2.24) is 4.90 Å². The van der Waals surface area contributed by atoms with Gasteiger partial charge in [0.05, 0.1) is 10.9 Å². The van der Waals surface area contributed by atoms with Crippen molar-refractivity contribution in [2.75, 3.05) is 0 Å². The topological polar surface area (TPSA) is 57.6 Å². The summed E-state index contributed by atoms with van der Waals surface area (Å²) in [5.41, 5.74) is 0.541. The van der Waals surface area contributed by atoms with Crippen molar-refractivity contribution in [3.63, 3.8) is 0 Å². The van der Waals surface area contributed by atoms with Crippen molar-refractivity contribution in [2.24, 2.45) is 0 Å². The van der Waals surface area contributed by atoms with Crippen LogP contribution in [-0.4, -0.2) is 34.0 Å². The van der Waals surface area contributed by atoms with E-state index in [1.54, 1.807) is 12.1 Å². The number of hydrogen-bond acceptors (Lipinski definition) is 2. The lowest BCUT2D eigenvalue weighted by atomic mass is 10.1. The van der Waals surface area contributed by atoms with Gasteiger partial charge in [0.25, 0.3) is 0 Å². The van der Waals surface area contributed by atoms with Crippen molar-refractivity contribution >= 4 is 27.8 Å². The molecule has 0 saturated heterocycles. The second-order valence-electron chi connectivity index (χ2n) is 4.97. The van der Waals surface area contributed by atoms with E-state index in [2.05, 4.69) is 15.9 Å². The van der Waals surface area contributed by atoms with Crippen LogP contribution in [0, 0.1) is 5.82 Å². The molecule has 0 radical (unpaired) electrons. The third-order valence-electron chi connectivity index (χ3n) is 3.34. The van der Waals surface area contributed by atoms with E-state index in [1.165, 1.54) is 17.9 Å². The Balaban J connectivity index is 2.12. The summed E-state index contributed by atoms with van der Waals surface area (Å²) in [4.78, 5) is 24.7. The first-order chi connectivity index (χ1) is 9.40. The lowest BCUT2D eigenvalue weighted by Gasteiger charge is -2.26. The van der Waals surface area contributed by atoms with E-state index in [0.717, 1.165) is 12.8 Å². The molecule has 1 fully saturated rings. The number of carboxylic acid groups (broad SMARTS) is 1. The minimum Gasteiger partial charge on any atom is -0.480 e. The lowest BCUT2D eigenvalue weighted by molar-refractivity contribution is -0.149. The Kier molecular flexibility index (Phi) is 4.42. The first-order valence-electron chi connectivity index (χ1n) is 6.38. The standard InChI is InChI=1S/C14H15BrFNO3/c1-8(14(19)20)17(10-3-4-10)13(18)7-9-2-5-11(15)12(16)6-9/h2,5-6,8,10H,3-4,7H2,1H3,(H,19,20). The van der Waals surface area contributed by atoms with Crippen LogP contribution in [0.3, 0.4) is 0 Å². The van der Waals surface area contributed by atoms with Crippen molar-refractivity contribution in [1.29, 1.82) is 0 Å². The van der Waals surface area contributed by atoms with Gasteiger partial charge in [-0.05, 0) is 53.4 Å². The van der Waals surface area contributed by atoms with Crippen LogP contribution in [0.5, 0.6) is 0 Å². The van der Waals surface area contributed by atoms with E-state index < -0.39 is 17.8 Å². The minimum absolute atomic E-state index is 0.00824. The van der Waals surface area contributed by atoms with Gasteiger partial charge in [-0.2, -0.15) is 0 Å². The Morgan fingerprint density at radius 2 is 2.15 bits per heavy atom. The maximum Gasteiger partial charge on any atom is 0.326 e. The Labute approximate surface area is 124 Å². The smallest absolute Gasteiger partial charge is 0.326 e. The number of aliphatic carboxylic acids is 1. The number of rotatable bonds is 5. The minimum atomic E-state index is -1.02. The van der Waals surface area contributed by atoms with Gasteiger partial charge in [0.15, 0.2) is 0 Å². The van der Waals surface area contributed by atoms with Crippen LogP contribution < -0.4 is 0 Å².